The second-order valence-corrected chi connectivity index (χ2v) is 6.15. The predicted octanol–water partition coefficient (Wildman–Crippen LogP) is 3.33. The smallest absolute Gasteiger partial charge is 0.185 e. The summed E-state index contributed by atoms with van der Waals surface area (Å²) < 4.78 is 0. The first-order valence-electron chi connectivity index (χ1n) is 7.23. The van der Waals surface area contributed by atoms with Gasteiger partial charge in [-0.3, -0.25) is 0 Å². The van der Waals surface area contributed by atoms with Crippen LogP contribution in [0.15, 0.2) is 0 Å². The highest BCUT2D eigenvalue weighted by atomic mass is 32.1. The minimum absolute atomic E-state index is 0.977. The van der Waals surface area contributed by atoms with E-state index in [4.69, 9.17) is 4.98 Å². The van der Waals surface area contributed by atoms with E-state index in [1.54, 1.807) is 0 Å². The molecule has 1 N–H and O–H groups in total. The summed E-state index contributed by atoms with van der Waals surface area (Å²) in [6, 6.07) is 0. The summed E-state index contributed by atoms with van der Waals surface area (Å²) in [5, 5.41) is 4.71. The molecule has 1 fully saturated rings. The van der Waals surface area contributed by atoms with Crippen molar-refractivity contribution in [1.82, 2.24) is 10.3 Å². The van der Waals surface area contributed by atoms with Crippen LogP contribution in [-0.4, -0.2) is 24.6 Å². The van der Waals surface area contributed by atoms with Gasteiger partial charge in [0.25, 0.3) is 0 Å². The molecule has 1 saturated heterocycles. The number of aromatic nitrogens is 1. The van der Waals surface area contributed by atoms with Gasteiger partial charge in [0.2, 0.25) is 0 Å². The van der Waals surface area contributed by atoms with E-state index in [0.29, 0.717) is 0 Å². The van der Waals surface area contributed by atoms with Crippen molar-refractivity contribution >= 4 is 16.5 Å². The van der Waals surface area contributed by atoms with E-state index in [1.165, 1.54) is 60.9 Å². The summed E-state index contributed by atoms with van der Waals surface area (Å²) in [4.78, 5) is 8.64. The van der Waals surface area contributed by atoms with Crippen molar-refractivity contribution in [3.8, 4) is 0 Å². The fourth-order valence-corrected chi connectivity index (χ4v) is 3.43. The molecule has 1 aliphatic rings. The Morgan fingerprint density at radius 3 is 2.61 bits per heavy atom. The highest BCUT2D eigenvalue weighted by molar-refractivity contribution is 7.15. The Bertz CT molecular complexity index is 354. The van der Waals surface area contributed by atoms with Gasteiger partial charge in [0.05, 0.1) is 5.69 Å². The molecule has 0 amide bonds. The average molecular weight is 267 g/mol. The molecule has 102 valence electrons. The molecule has 0 spiro atoms. The van der Waals surface area contributed by atoms with Gasteiger partial charge in [-0.05, 0) is 32.7 Å². The Hall–Kier alpha value is -0.610. The van der Waals surface area contributed by atoms with Gasteiger partial charge in [-0.1, -0.05) is 19.8 Å². The number of anilines is 1. The molecule has 0 saturated carbocycles. The Morgan fingerprint density at radius 1 is 1.22 bits per heavy atom. The Labute approximate surface area is 115 Å². The molecule has 0 aromatic carbocycles. The number of aryl methyl sites for hydroxylation is 1. The summed E-state index contributed by atoms with van der Waals surface area (Å²) in [6.45, 7) is 8.79. The van der Waals surface area contributed by atoms with E-state index in [-0.39, 0.29) is 0 Å². The highest BCUT2D eigenvalue weighted by Gasteiger charge is 2.15. The van der Waals surface area contributed by atoms with Gasteiger partial charge in [0, 0.05) is 24.5 Å². The molecule has 0 atom stereocenters. The van der Waals surface area contributed by atoms with Crippen LogP contribution in [0.5, 0.6) is 0 Å². The monoisotopic (exact) mass is 267 g/mol. The molecule has 0 bridgehead atoms. The van der Waals surface area contributed by atoms with Gasteiger partial charge in [-0.2, -0.15) is 0 Å². The fourth-order valence-electron chi connectivity index (χ4n) is 2.35. The Kier molecular flexibility index (Phi) is 5.45. The Morgan fingerprint density at radius 2 is 1.94 bits per heavy atom. The first-order valence-corrected chi connectivity index (χ1v) is 8.05. The van der Waals surface area contributed by atoms with Crippen molar-refractivity contribution in [1.29, 1.82) is 0 Å². The van der Waals surface area contributed by atoms with Crippen molar-refractivity contribution in [2.75, 3.05) is 24.5 Å². The van der Waals surface area contributed by atoms with Crippen LogP contribution in [-0.2, 0) is 6.54 Å². The van der Waals surface area contributed by atoms with E-state index < -0.39 is 0 Å². The summed E-state index contributed by atoms with van der Waals surface area (Å²) in [6.07, 6.45) is 6.60. The molecule has 18 heavy (non-hydrogen) atoms. The normalized spacial score (nSPS) is 16.9. The van der Waals surface area contributed by atoms with Crippen LogP contribution in [0.3, 0.4) is 0 Å². The minimum Gasteiger partial charge on any atom is -0.348 e. The van der Waals surface area contributed by atoms with E-state index >= 15 is 0 Å². The molecule has 2 rings (SSSR count). The molecule has 1 aliphatic heterocycles. The van der Waals surface area contributed by atoms with Crippen LogP contribution < -0.4 is 10.2 Å². The van der Waals surface area contributed by atoms with Crippen LogP contribution in [0.25, 0.3) is 0 Å². The topological polar surface area (TPSA) is 28.2 Å². The van der Waals surface area contributed by atoms with Crippen LogP contribution in [0, 0.1) is 6.92 Å². The van der Waals surface area contributed by atoms with E-state index in [1.807, 2.05) is 11.3 Å². The quantitative estimate of drug-likeness (QED) is 0.829. The van der Waals surface area contributed by atoms with Crippen molar-refractivity contribution < 1.29 is 0 Å². The predicted molar refractivity (Wildman–Crippen MR) is 79.5 cm³/mol. The average Bonchev–Trinajstić information content (AvgIpc) is 2.59. The summed E-state index contributed by atoms with van der Waals surface area (Å²) in [7, 11) is 0. The number of hydrogen-bond acceptors (Lipinski definition) is 4. The summed E-state index contributed by atoms with van der Waals surface area (Å²) >= 11 is 1.88. The minimum atomic E-state index is 0.977. The van der Waals surface area contributed by atoms with E-state index in [2.05, 4.69) is 24.1 Å². The molecule has 2 heterocycles. The lowest BCUT2D eigenvalue weighted by atomic mass is 10.2. The van der Waals surface area contributed by atoms with Crippen molar-refractivity contribution in [2.45, 2.75) is 52.5 Å². The second kappa shape index (κ2) is 7.10. The largest absolute Gasteiger partial charge is 0.348 e. The van der Waals surface area contributed by atoms with Gasteiger partial charge in [0.1, 0.15) is 0 Å². The van der Waals surface area contributed by atoms with Gasteiger partial charge in [0.15, 0.2) is 5.13 Å². The summed E-state index contributed by atoms with van der Waals surface area (Å²) in [5.74, 6) is 0. The molecule has 0 radical (unpaired) electrons. The zero-order valence-electron chi connectivity index (χ0n) is 11.7. The molecular formula is C14H25N3S. The Balaban J connectivity index is 1.97. The molecule has 0 aliphatic carbocycles. The highest BCUT2D eigenvalue weighted by Crippen LogP contribution is 2.27. The molecule has 3 nitrogen and oxygen atoms in total. The third-order valence-electron chi connectivity index (χ3n) is 3.47. The van der Waals surface area contributed by atoms with E-state index in [0.717, 1.165) is 13.1 Å². The number of hydrogen-bond donors (Lipinski definition) is 1. The molecule has 4 heteroatoms. The maximum atomic E-state index is 4.76. The third kappa shape index (κ3) is 3.69. The third-order valence-corrected chi connectivity index (χ3v) is 4.69. The summed E-state index contributed by atoms with van der Waals surface area (Å²) in [5.41, 5.74) is 1.21. The van der Waals surface area contributed by atoms with Crippen LogP contribution >= 0.6 is 11.3 Å². The number of thiazole rings is 1. The molecule has 0 unspecified atom stereocenters. The standard InChI is InChI=1S/C14H25N3S/c1-3-8-15-11-13-12(2)16-14(18-13)17-9-6-4-5-7-10-17/h15H,3-11H2,1-2H3. The molecule has 1 aromatic heterocycles. The van der Waals surface area contributed by atoms with E-state index in [9.17, 15) is 0 Å². The van der Waals surface area contributed by atoms with Gasteiger partial charge >= 0.3 is 0 Å². The SMILES string of the molecule is CCCNCc1sc(N2CCCCCC2)nc1C. The fraction of sp³-hybridized carbons (Fsp3) is 0.786. The first kappa shape index (κ1) is 13.8. The zero-order valence-corrected chi connectivity index (χ0v) is 12.5. The lowest BCUT2D eigenvalue weighted by Gasteiger charge is -2.18. The lowest BCUT2D eigenvalue weighted by Crippen LogP contribution is -2.23. The van der Waals surface area contributed by atoms with Crippen LogP contribution in [0.2, 0.25) is 0 Å². The van der Waals surface area contributed by atoms with Crippen LogP contribution in [0.1, 0.15) is 49.6 Å². The number of rotatable bonds is 5. The van der Waals surface area contributed by atoms with Gasteiger partial charge in [-0.25, -0.2) is 4.98 Å². The second-order valence-electron chi connectivity index (χ2n) is 5.08. The molecule has 1 aromatic rings. The van der Waals surface area contributed by atoms with Gasteiger partial charge < -0.3 is 10.2 Å². The van der Waals surface area contributed by atoms with Crippen molar-refractivity contribution in [3.05, 3.63) is 10.6 Å². The van der Waals surface area contributed by atoms with Crippen molar-refractivity contribution in [3.63, 3.8) is 0 Å². The maximum absolute atomic E-state index is 4.76. The number of nitrogens with zero attached hydrogens (tertiary/aromatic N) is 2. The lowest BCUT2D eigenvalue weighted by molar-refractivity contribution is 0.678. The van der Waals surface area contributed by atoms with Crippen LogP contribution in [0.4, 0.5) is 5.13 Å². The number of nitrogens with one attached hydrogen (secondary N) is 1. The molecular weight excluding hydrogens is 242 g/mol. The first-order chi connectivity index (χ1) is 8.81. The maximum Gasteiger partial charge on any atom is 0.185 e. The van der Waals surface area contributed by atoms with Gasteiger partial charge in [-0.15, -0.1) is 11.3 Å². The van der Waals surface area contributed by atoms with Crippen molar-refractivity contribution in [2.24, 2.45) is 0 Å². The zero-order chi connectivity index (χ0) is 12.8.